The lowest BCUT2D eigenvalue weighted by molar-refractivity contribution is 0.306. The van der Waals surface area contributed by atoms with Crippen LogP contribution in [0.25, 0.3) is 0 Å². The van der Waals surface area contributed by atoms with E-state index in [1.54, 1.807) is 0 Å². The minimum absolute atomic E-state index is 0.0108. The van der Waals surface area contributed by atoms with Gasteiger partial charge in [-0.2, -0.15) is 0 Å². The molecule has 0 aliphatic heterocycles. The molecule has 16 heavy (non-hydrogen) atoms. The number of halogens is 6. The van der Waals surface area contributed by atoms with Crippen LogP contribution < -0.4 is 0 Å². The molecule has 0 spiro atoms. The van der Waals surface area contributed by atoms with Crippen LogP contribution >= 0.6 is 69.6 Å². The first-order valence-corrected chi connectivity index (χ1v) is 7.71. The van der Waals surface area contributed by atoms with Crippen LogP contribution in [0, 0.1) is 17.3 Å². The van der Waals surface area contributed by atoms with Crippen LogP contribution in [0.5, 0.6) is 0 Å². The Morgan fingerprint density at radius 2 is 1.56 bits per heavy atom. The van der Waals surface area contributed by atoms with Gasteiger partial charge in [0.1, 0.15) is 0 Å². The van der Waals surface area contributed by atoms with Gasteiger partial charge in [0, 0.05) is 39.9 Å². The Balaban J connectivity index is 2.50. The van der Waals surface area contributed by atoms with Crippen LogP contribution in [0.1, 0.15) is 0 Å². The van der Waals surface area contributed by atoms with Crippen molar-refractivity contribution in [2.75, 3.05) is 11.8 Å². The van der Waals surface area contributed by atoms with Gasteiger partial charge >= 0.3 is 0 Å². The van der Waals surface area contributed by atoms with Gasteiger partial charge in [-0.3, -0.25) is 0 Å². The second-order valence-corrected chi connectivity index (χ2v) is 6.64. The second-order valence-electron chi connectivity index (χ2n) is 4.37. The van der Waals surface area contributed by atoms with E-state index in [1.807, 2.05) is 0 Å². The quantitative estimate of drug-likeness (QED) is 0.640. The fourth-order valence-electron chi connectivity index (χ4n) is 3.00. The van der Waals surface area contributed by atoms with E-state index in [9.17, 15) is 0 Å². The number of alkyl halides is 5. The summed E-state index contributed by atoms with van der Waals surface area (Å²) in [5.41, 5.74) is 2.09. The van der Waals surface area contributed by atoms with E-state index in [4.69, 9.17) is 69.6 Å². The Kier molecular flexibility index (Phi) is 4.23. The SMILES string of the molecule is Cl/C=C1/C2C(Cl)C(Cl)C(C2Cl)C1(CCl)CCl. The zero-order valence-electron chi connectivity index (χ0n) is 8.15. The van der Waals surface area contributed by atoms with Gasteiger partial charge in [0.2, 0.25) is 0 Å². The number of rotatable bonds is 2. The molecule has 2 bridgehead atoms. The smallest absolute Gasteiger partial charge is 0.0583 e. The predicted octanol–water partition coefficient (Wildman–Crippen LogP) is 4.65. The van der Waals surface area contributed by atoms with Crippen molar-refractivity contribution in [3.8, 4) is 0 Å². The van der Waals surface area contributed by atoms with E-state index in [2.05, 4.69) is 0 Å². The van der Waals surface area contributed by atoms with Gasteiger partial charge in [-0.15, -0.1) is 58.0 Å². The molecule has 2 fully saturated rings. The molecule has 5 atom stereocenters. The van der Waals surface area contributed by atoms with Crippen molar-refractivity contribution in [3.63, 3.8) is 0 Å². The van der Waals surface area contributed by atoms with Gasteiger partial charge < -0.3 is 0 Å². The highest BCUT2D eigenvalue weighted by molar-refractivity contribution is 6.35. The molecule has 0 amide bonds. The van der Waals surface area contributed by atoms with Crippen molar-refractivity contribution in [2.24, 2.45) is 17.3 Å². The Bertz CT molecular complexity index is 310. The topological polar surface area (TPSA) is 0 Å². The molecule has 0 heterocycles. The summed E-state index contributed by atoms with van der Waals surface area (Å²) in [5, 5.41) is -0.529. The summed E-state index contributed by atoms with van der Waals surface area (Å²) >= 11 is 37.0. The van der Waals surface area contributed by atoms with Crippen molar-refractivity contribution in [1.29, 1.82) is 0 Å². The third-order valence-electron chi connectivity index (χ3n) is 3.84. The molecule has 92 valence electrons. The van der Waals surface area contributed by atoms with E-state index in [0.29, 0.717) is 11.8 Å². The maximum absolute atomic E-state index is 6.39. The zero-order valence-corrected chi connectivity index (χ0v) is 12.7. The largest absolute Gasteiger partial charge is 0.126 e. The molecule has 5 unspecified atom stereocenters. The summed E-state index contributed by atoms with van der Waals surface area (Å²) in [5.74, 6) is 0.701. The van der Waals surface area contributed by atoms with Crippen molar-refractivity contribution in [2.45, 2.75) is 16.1 Å². The molecule has 0 aromatic rings. The van der Waals surface area contributed by atoms with E-state index in [0.717, 1.165) is 5.57 Å². The van der Waals surface area contributed by atoms with Gasteiger partial charge in [0.05, 0.1) is 10.8 Å². The van der Waals surface area contributed by atoms with Crippen LogP contribution in [0.4, 0.5) is 0 Å². The molecule has 2 saturated carbocycles. The third kappa shape index (κ3) is 1.57. The number of hydrogen-bond acceptors (Lipinski definition) is 0. The van der Waals surface area contributed by atoms with Crippen LogP contribution in [-0.4, -0.2) is 27.9 Å². The molecule has 6 heteroatoms. The number of allylic oxidation sites excluding steroid dienone is 1. The molecule has 0 aromatic carbocycles. The van der Waals surface area contributed by atoms with Crippen molar-refractivity contribution >= 4 is 69.6 Å². The zero-order chi connectivity index (χ0) is 12.1. The summed E-state index contributed by atoms with van der Waals surface area (Å²) in [6, 6.07) is 0. The summed E-state index contributed by atoms with van der Waals surface area (Å²) in [6.07, 6.45) is 0. The lowest BCUT2D eigenvalue weighted by atomic mass is 9.72. The highest BCUT2D eigenvalue weighted by Gasteiger charge is 2.66. The summed E-state index contributed by atoms with van der Waals surface area (Å²) < 4.78 is 0. The summed E-state index contributed by atoms with van der Waals surface area (Å²) in [7, 11) is 0. The van der Waals surface area contributed by atoms with Gasteiger partial charge in [-0.1, -0.05) is 11.6 Å². The fourth-order valence-corrected chi connectivity index (χ4v) is 6.15. The van der Waals surface area contributed by atoms with Crippen molar-refractivity contribution in [1.82, 2.24) is 0 Å². The maximum Gasteiger partial charge on any atom is 0.0583 e. The van der Waals surface area contributed by atoms with Gasteiger partial charge in [-0.25, -0.2) is 0 Å². The Hall–Kier alpha value is 1.48. The van der Waals surface area contributed by atoms with Crippen molar-refractivity contribution in [3.05, 3.63) is 11.1 Å². The molecule has 0 radical (unpaired) electrons. The van der Waals surface area contributed by atoms with Crippen LogP contribution in [0.15, 0.2) is 11.1 Å². The van der Waals surface area contributed by atoms with E-state index in [-0.39, 0.29) is 28.0 Å². The normalized spacial score (nSPS) is 47.9. The first-order chi connectivity index (χ1) is 7.55. The highest BCUT2D eigenvalue weighted by Crippen LogP contribution is 2.64. The highest BCUT2D eigenvalue weighted by atomic mass is 35.5. The van der Waals surface area contributed by atoms with Crippen LogP contribution in [0.2, 0.25) is 0 Å². The average molecular weight is 343 g/mol. The monoisotopic (exact) mass is 340 g/mol. The lowest BCUT2D eigenvalue weighted by Crippen LogP contribution is -2.43. The average Bonchev–Trinajstić information content (AvgIpc) is 2.66. The maximum atomic E-state index is 6.39. The molecule has 0 aromatic heterocycles. The van der Waals surface area contributed by atoms with Crippen LogP contribution in [0.3, 0.4) is 0 Å². The predicted molar refractivity (Wildman–Crippen MR) is 73.7 cm³/mol. The molecule has 2 rings (SSSR count). The first kappa shape index (κ1) is 13.9. The second kappa shape index (κ2) is 4.87. The minimum Gasteiger partial charge on any atom is -0.126 e. The van der Waals surface area contributed by atoms with E-state index in [1.165, 1.54) is 5.54 Å². The van der Waals surface area contributed by atoms with E-state index < -0.39 is 5.41 Å². The molecule has 0 saturated heterocycles. The lowest BCUT2D eigenvalue weighted by Gasteiger charge is -2.40. The van der Waals surface area contributed by atoms with Crippen LogP contribution in [-0.2, 0) is 0 Å². The molecule has 0 nitrogen and oxygen atoms in total. The van der Waals surface area contributed by atoms with Gasteiger partial charge in [0.15, 0.2) is 0 Å². The summed E-state index contributed by atoms with van der Waals surface area (Å²) in [6.45, 7) is 0. The number of fused-ring (bicyclic) bond motifs is 2. The van der Waals surface area contributed by atoms with Crippen molar-refractivity contribution < 1.29 is 0 Å². The van der Waals surface area contributed by atoms with Gasteiger partial charge in [0.25, 0.3) is 0 Å². The molecular formula is C10H10Cl6. The Morgan fingerprint density at radius 1 is 1.00 bits per heavy atom. The standard InChI is InChI=1S/C10H10Cl6/c11-1-4-5-7(14)6(9(16)8(5)15)10(4,2-12)3-13/h1,5-9H,2-3H2/b4-1-. The molecule has 0 N–H and O–H groups in total. The first-order valence-electron chi connectivity index (χ1n) is 4.90. The fraction of sp³-hybridized carbons (Fsp3) is 0.800. The molecule has 2 aliphatic rings. The van der Waals surface area contributed by atoms with Gasteiger partial charge in [-0.05, 0) is 5.57 Å². The third-order valence-corrected chi connectivity index (χ3v) is 6.79. The Morgan fingerprint density at radius 3 is 2.00 bits per heavy atom. The molecular weight excluding hydrogens is 333 g/mol. The molecule has 2 aliphatic carbocycles. The van der Waals surface area contributed by atoms with E-state index >= 15 is 0 Å². The summed E-state index contributed by atoms with van der Waals surface area (Å²) in [4.78, 5) is 0. The minimum atomic E-state index is -0.403. The number of hydrogen-bond donors (Lipinski definition) is 0. The Labute approximate surface area is 125 Å².